The number of carbonyl (C=O) groups excluding carboxylic acids is 1. The van der Waals surface area contributed by atoms with Crippen LogP contribution in [0.1, 0.15) is 44.1 Å². The Morgan fingerprint density at radius 3 is 2.68 bits per heavy atom. The van der Waals surface area contributed by atoms with E-state index in [0.29, 0.717) is 12.5 Å². The van der Waals surface area contributed by atoms with E-state index in [-0.39, 0.29) is 12.1 Å². The summed E-state index contributed by atoms with van der Waals surface area (Å²) in [6.07, 6.45) is 3.08. The second-order valence-corrected chi connectivity index (χ2v) is 5.97. The predicted molar refractivity (Wildman–Crippen MR) is 86.2 cm³/mol. The third kappa shape index (κ3) is 4.63. The summed E-state index contributed by atoms with van der Waals surface area (Å²) in [5, 5.41) is 15.4. The normalized spacial score (nSPS) is 22.1. The molecule has 1 saturated carbocycles. The van der Waals surface area contributed by atoms with Crippen LogP contribution in [-0.2, 0) is 0 Å². The van der Waals surface area contributed by atoms with E-state index in [2.05, 4.69) is 29.7 Å². The van der Waals surface area contributed by atoms with Gasteiger partial charge in [-0.1, -0.05) is 19.1 Å². The SMILES string of the molecule is COc1ccc(C(C)CCNC(=O)NC2CCCC2O)cc1. The minimum atomic E-state index is -0.399. The van der Waals surface area contributed by atoms with Crippen LogP contribution in [0.25, 0.3) is 0 Å². The first-order chi connectivity index (χ1) is 10.6. The Morgan fingerprint density at radius 2 is 2.09 bits per heavy atom. The maximum Gasteiger partial charge on any atom is 0.315 e. The molecule has 1 aromatic rings. The van der Waals surface area contributed by atoms with Gasteiger partial charge in [0.1, 0.15) is 5.75 Å². The molecule has 0 bridgehead atoms. The van der Waals surface area contributed by atoms with Crippen LogP contribution in [0.3, 0.4) is 0 Å². The second kappa shape index (κ2) is 8.03. The number of carbonyl (C=O) groups is 1. The first-order valence-electron chi connectivity index (χ1n) is 7.96. The molecule has 0 radical (unpaired) electrons. The summed E-state index contributed by atoms with van der Waals surface area (Å²) in [5.74, 6) is 1.21. The Labute approximate surface area is 132 Å². The van der Waals surface area contributed by atoms with Crippen molar-refractivity contribution in [2.24, 2.45) is 0 Å². The number of aliphatic hydroxyl groups excluding tert-OH is 1. The van der Waals surface area contributed by atoms with E-state index in [1.54, 1.807) is 7.11 Å². The standard InChI is InChI=1S/C17H26N2O3/c1-12(13-6-8-14(22-2)9-7-13)10-11-18-17(21)19-15-4-3-5-16(15)20/h6-9,12,15-16,20H,3-5,10-11H2,1-2H3,(H2,18,19,21). The number of hydrogen-bond donors (Lipinski definition) is 3. The first kappa shape index (κ1) is 16.6. The summed E-state index contributed by atoms with van der Waals surface area (Å²) in [6, 6.07) is 7.73. The molecule has 5 nitrogen and oxygen atoms in total. The molecule has 5 heteroatoms. The summed E-state index contributed by atoms with van der Waals surface area (Å²) in [4.78, 5) is 11.8. The van der Waals surface area contributed by atoms with Crippen molar-refractivity contribution < 1.29 is 14.6 Å². The van der Waals surface area contributed by atoms with Crippen LogP contribution >= 0.6 is 0 Å². The van der Waals surface area contributed by atoms with E-state index in [9.17, 15) is 9.90 Å². The lowest BCUT2D eigenvalue weighted by Gasteiger charge is -2.18. The fraction of sp³-hybridized carbons (Fsp3) is 0.588. The van der Waals surface area contributed by atoms with Crippen LogP contribution in [0.2, 0.25) is 0 Å². The number of aliphatic hydroxyl groups is 1. The van der Waals surface area contributed by atoms with E-state index in [4.69, 9.17) is 4.74 Å². The lowest BCUT2D eigenvalue weighted by atomic mass is 9.98. The number of urea groups is 1. The van der Waals surface area contributed by atoms with Crippen molar-refractivity contribution in [1.82, 2.24) is 10.6 Å². The minimum Gasteiger partial charge on any atom is -0.497 e. The Kier molecular flexibility index (Phi) is 6.07. The van der Waals surface area contributed by atoms with E-state index < -0.39 is 6.10 Å². The Balaban J connectivity index is 1.69. The molecule has 3 atom stereocenters. The van der Waals surface area contributed by atoms with Gasteiger partial charge in [-0.25, -0.2) is 4.79 Å². The Hall–Kier alpha value is -1.75. The van der Waals surface area contributed by atoms with Crippen molar-refractivity contribution in [2.45, 2.75) is 50.7 Å². The quantitative estimate of drug-likeness (QED) is 0.756. The number of amides is 2. The molecule has 3 unspecified atom stereocenters. The van der Waals surface area contributed by atoms with Gasteiger partial charge in [-0.15, -0.1) is 0 Å². The average molecular weight is 306 g/mol. The molecule has 122 valence electrons. The summed E-state index contributed by atoms with van der Waals surface area (Å²) in [6.45, 7) is 2.75. The highest BCUT2D eigenvalue weighted by Crippen LogP contribution is 2.21. The van der Waals surface area contributed by atoms with Crippen LogP contribution in [0.15, 0.2) is 24.3 Å². The molecule has 1 aliphatic carbocycles. The molecule has 1 aromatic carbocycles. The summed E-state index contributed by atoms with van der Waals surface area (Å²) in [5.41, 5.74) is 1.23. The molecule has 0 saturated heterocycles. The molecular weight excluding hydrogens is 280 g/mol. The van der Waals surface area contributed by atoms with Crippen LogP contribution in [0.5, 0.6) is 5.75 Å². The smallest absolute Gasteiger partial charge is 0.315 e. The molecule has 3 N–H and O–H groups in total. The molecule has 0 aliphatic heterocycles. The lowest BCUT2D eigenvalue weighted by Crippen LogP contribution is -2.45. The van der Waals surface area contributed by atoms with Crippen LogP contribution in [0.4, 0.5) is 4.79 Å². The largest absolute Gasteiger partial charge is 0.497 e. The van der Waals surface area contributed by atoms with Gasteiger partial charge in [0.2, 0.25) is 0 Å². The van der Waals surface area contributed by atoms with Gasteiger partial charge in [-0.05, 0) is 49.3 Å². The second-order valence-electron chi connectivity index (χ2n) is 5.97. The monoisotopic (exact) mass is 306 g/mol. The number of nitrogens with one attached hydrogen (secondary N) is 2. The van der Waals surface area contributed by atoms with E-state index in [0.717, 1.165) is 31.4 Å². The van der Waals surface area contributed by atoms with Crippen molar-refractivity contribution in [3.8, 4) is 5.75 Å². The van der Waals surface area contributed by atoms with Crippen molar-refractivity contribution in [3.05, 3.63) is 29.8 Å². The first-order valence-corrected chi connectivity index (χ1v) is 7.96. The van der Waals surface area contributed by atoms with Gasteiger partial charge in [-0.2, -0.15) is 0 Å². The van der Waals surface area contributed by atoms with Crippen LogP contribution < -0.4 is 15.4 Å². The highest BCUT2D eigenvalue weighted by Gasteiger charge is 2.26. The summed E-state index contributed by atoms with van der Waals surface area (Å²) in [7, 11) is 1.66. The van der Waals surface area contributed by atoms with Crippen LogP contribution in [-0.4, -0.2) is 36.9 Å². The average Bonchev–Trinajstić information content (AvgIpc) is 2.92. The third-order valence-corrected chi connectivity index (χ3v) is 4.34. The van der Waals surface area contributed by atoms with E-state index in [1.165, 1.54) is 5.56 Å². The zero-order valence-corrected chi connectivity index (χ0v) is 13.3. The van der Waals surface area contributed by atoms with Crippen molar-refractivity contribution >= 4 is 6.03 Å². The third-order valence-electron chi connectivity index (χ3n) is 4.34. The van der Waals surface area contributed by atoms with Gasteiger partial charge in [0, 0.05) is 6.54 Å². The Bertz CT molecular complexity index is 475. The summed E-state index contributed by atoms with van der Waals surface area (Å²) < 4.78 is 5.15. The van der Waals surface area contributed by atoms with Crippen molar-refractivity contribution in [3.63, 3.8) is 0 Å². The van der Waals surface area contributed by atoms with Gasteiger partial charge in [0.25, 0.3) is 0 Å². The maximum absolute atomic E-state index is 11.8. The molecule has 2 amide bonds. The maximum atomic E-state index is 11.8. The van der Waals surface area contributed by atoms with Crippen molar-refractivity contribution in [1.29, 1.82) is 0 Å². The van der Waals surface area contributed by atoms with Gasteiger partial charge in [0.05, 0.1) is 19.3 Å². The van der Waals surface area contributed by atoms with E-state index in [1.807, 2.05) is 12.1 Å². The number of rotatable bonds is 6. The fourth-order valence-electron chi connectivity index (χ4n) is 2.83. The molecule has 1 fully saturated rings. The molecule has 0 spiro atoms. The molecule has 0 heterocycles. The highest BCUT2D eigenvalue weighted by molar-refractivity contribution is 5.74. The predicted octanol–water partition coefficient (Wildman–Crippen LogP) is 2.40. The van der Waals surface area contributed by atoms with Gasteiger partial charge < -0.3 is 20.5 Å². The van der Waals surface area contributed by atoms with Crippen molar-refractivity contribution in [2.75, 3.05) is 13.7 Å². The number of methoxy groups -OCH3 is 1. The fourth-order valence-corrected chi connectivity index (χ4v) is 2.83. The molecule has 1 aliphatic rings. The number of hydrogen-bond acceptors (Lipinski definition) is 3. The number of ether oxygens (including phenoxy) is 1. The zero-order valence-electron chi connectivity index (χ0n) is 13.3. The van der Waals surface area contributed by atoms with Gasteiger partial charge >= 0.3 is 6.03 Å². The highest BCUT2D eigenvalue weighted by atomic mass is 16.5. The minimum absolute atomic E-state index is 0.0981. The Morgan fingerprint density at radius 1 is 1.36 bits per heavy atom. The summed E-state index contributed by atoms with van der Waals surface area (Å²) >= 11 is 0. The van der Waals surface area contributed by atoms with Gasteiger partial charge in [0.15, 0.2) is 0 Å². The lowest BCUT2D eigenvalue weighted by molar-refractivity contribution is 0.149. The van der Waals surface area contributed by atoms with E-state index >= 15 is 0 Å². The molecule has 2 rings (SSSR count). The topological polar surface area (TPSA) is 70.6 Å². The molecule has 0 aromatic heterocycles. The molecule has 22 heavy (non-hydrogen) atoms. The zero-order chi connectivity index (χ0) is 15.9. The van der Waals surface area contributed by atoms with Crippen LogP contribution in [0, 0.1) is 0 Å². The molecular formula is C17H26N2O3. The number of benzene rings is 1. The van der Waals surface area contributed by atoms with Gasteiger partial charge in [-0.3, -0.25) is 0 Å².